The van der Waals surface area contributed by atoms with Crippen LogP contribution in [0.4, 0.5) is 0 Å². The number of nitrogens with zero attached hydrogens (tertiary/aromatic N) is 4. The third kappa shape index (κ3) is 1.98. The van der Waals surface area contributed by atoms with Crippen LogP contribution in [0.3, 0.4) is 0 Å². The molecule has 2 heterocycles. The first-order chi connectivity index (χ1) is 10.7. The molecule has 0 atom stereocenters. The highest BCUT2D eigenvalue weighted by atomic mass is 35.5. The van der Waals surface area contributed by atoms with E-state index < -0.39 is 0 Å². The quantitative estimate of drug-likeness (QED) is 0.562. The molecule has 6 heteroatoms. The maximum Gasteiger partial charge on any atom is 0.233 e. The van der Waals surface area contributed by atoms with E-state index in [9.17, 15) is 0 Å². The van der Waals surface area contributed by atoms with E-state index in [2.05, 4.69) is 15.1 Å². The molecule has 4 aromatic rings. The summed E-state index contributed by atoms with van der Waals surface area (Å²) in [6.07, 6.45) is 3.17. The maximum atomic E-state index is 6.24. The first-order valence-electron chi connectivity index (χ1n) is 6.72. The van der Waals surface area contributed by atoms with Gasteiger partial charge in [-0.1, -0.05) is 35.9 Å². The van der Waals surface area contributed by atoms with Crippen LogP contribution in [-0.2, 0) is 7.05 Å². The minimum atomic E-state index is 0.477. The molecule has 0 fully saturated rings. The van der Waals surface area contributed by atoms with Gasteiger partial charge in [-0.25, -0.2) is 9.97 Å². The monoisotopic (exact) mass is 310 g/mol. The average Bonchev–Trinajstić information content (AvgIpc) is 2.93. The van der Waals surface area contributed by atoms with E-state index in [0.717, 1.165) is 21.8 Å². The van der Waals surface area contributed by atoms with Crippen LogP contribution < -0.4 is 4.74 Å². The van der Waals surface area contributed by atoms with Crippen molar-refractivity contribution in [3.63, 3.8) is 0 Å². The third-order valence-corrected chi connectivity index (χ3v) is 3.86. The standard InChI is InChI=1S/C16H11ClN4O/c1-21-15-12(8-20-21)16(19-9-18-15)22-14-7-6-13(17)10-4-2-3-5-11(10)14/h2-9H,1H3. The van der Waals surface area contributed by atoms with Crippen LogP contribution in [0.1, 0.15) is 0 Å². The van der Waals surface area contributed by atoms with Gasteiger partial charge in [0.05, 0.1) is 6.20 Å². The lowest BCUT2D eigenvalue weighted by molar-refractivity contribution is 0.473. The topological polar surface area (TPSA) is 52.8 Å². The molecule has 0 amide bonds. The first-order valence-corrected chi connectivity index (χ1v) is 7.09. The molecular weight excluding hydrogens is 300 g/mol. The van der Waals surface area contributed by atoms with Gasteiger partial charge in [0.25, 0.3) is 0 Å². The van der Waals surface area contributed by atoms with Gasteiger partial charge in [0, 0.05) is 22.8 Å². The molecule has 5 nitrogen and oxygen atoms in total. The number of fused-ring (bicyclic) bond motifs is 2. The fraction of sp³-hybridized carbons (Fsp3) is 0.0625. The second-order valence-electron chi connectivity index (χ2n) is 4.88. The van der Waals surface area contributed by atoms with Crippen molar-refractivity contribution in [3.05, 3.63) is 53.9 Å². The SMILES string of the molecule is Cn1ncc2c(Oc3ccc(Cl)c4ccccc34)ncnc21. The highest BCUT2D eigenvalue weighted by Gasteiger charge is 2.12. The predicted octanol–water partition coefficient (Wildman–Crippen LogP) is 3.96. The summed E-state index contributed by atoms with van der Waals surface area (Å²) in [6, 6.07) is 11.5. The number of halogens is 1. The Hall–Kier alpha value is -2.66. The molecule has 0 aliphatic heterocycles. The molecule has 22 heavy (non-hydrogen) atoms. The second-order valence-corrected chi connectivity index (χ2v) is 5.28. The Labute approximate surface area is 131 Å². The van der Waals surface area contributed by atoms with Gasteiger partial charge in [0.15, 0.2) is 5.65 Å². The van der Waals surface area contributed by atoms with Crippen molar-refractivity contribution >= 4 is 33.4 Å². The van der Waals surface area contributed by atoms with Gasteiger partial charge >= 0.3 is 0 Å². The lowest BCUT2D eigenvalue weighted by Gasteiger charge is -2.09. The molecule has 2 aromatic heterocycles. The van der Waals surface area contributed by atoms with Crippen LogP contribution in [0.25, 0.3) is 21.8 Å². The summed E-state index contributed by atoms with van der Waals surface area (Å²) >= 11 is 6.24. The average molecular weight is 311 g/mol. The van der Waals surface area contributed by atoms with Crippen molar-refractivity contribution in [1.82, 2.24) is 19.7 Å². The number of hydrogen-bond donors (Lipinski definition) is 0. The maximum absolute atomic E-state index is 6.24. The summed E-state index contributed by atoms with van der Waals surface area (Å²) in [5, 5.41) is 7.53. The van der Waals surface area contributed by atoms with E-state index in [1.165, 1.54) is 6.33 Å². The Morgan fingerprint density at radius 3 is 2.68 bits per heavy atom. The van der Waals surface area contributed by atoms with E-state index in [1.807, 2.05) is 43.4 Å². The van der Waals surface area contributed by atoms with Gasteiger partial charge in [-0.05, 0) is 12.1 Å². The van der Waals surface area contributed by atoms with Crippen LogP contribution in [0.5, 0.6) is 11.6 Å². The molecule has 2 aromatic carbocycles. The summed E-state index contributed by atoms with van der Waals surface area (Å²) in [7, 11) is 1.83. The number of aromatic nitrogens is 4. The van der Waals surface area contributed by atoms with Crippen molar-refractivity contribution < 1.29 is 4.74 Å². The summed E-state index contributed by atoms with van der Waals surface area (Å²) in [6.45, 7) is 0. The molecule has 0 radical (unpaired) electrons. The normalized spacial score (nSPS) is 11.2. The van der Waals surface area contributed by atoms with E-state index in [1.54, 1.807) is 10.9 Å². The van der Waals surface area contributed by atoms with Crippen molar-refractivity contribution in [2.24, 2.45) is 7.05 Å². The third-order valence-electron chi connectivity index (χ3n) is 3.53. The Morgan fingerprint density at radius 2 is 1.82 bits per heavy atom. The smallest absolute Gasteiger partial charge is 0.233 e. The van der Waals surface area contributed by atoms with Gasteiger partial charge in [-0.15, -0.1) is 0 Å². The van der Waals surface area contributed by atoms with Crippen LogP contribution in [0.2, 0.25) is 5.02 Å². The van der Waals surface area contributed by atoms with Crippen molar-refractivity contribution in [3.8, 4) is 11.6 Å². The molecule has 0 aliphatic rings. The van der Waals surface area contributed by atoms with Crippen LogP contribution >= 0.6 is 11.6 Å². The van der Waals surface area contributed by atoms with E-state index in [4.69, 9.17) is 16.3 Å². The molecule has 0 saturated heterocycles. The minimum Gasteiger partial charge on any atom is -0.437 e. The lowest BCUT2D eigenvalue weighted by atomic mass is 10.1. The van der Waals surface area contributed by atoms with E-state index in [0.29, 0.717) is 16.7 Å². The molecule has 0 unspecified atom stereocenters. The van der Waals surface area contributed by atoms with Crippen LogP contribution in [0, 0.1) is 0 Å². The van der Waals surface area contributed by atoms with E-state index >= 15 is 0 Å². The number of aryl methyl sites for hydroxylation is 1. The Balaban J connectivity index is 1.88. The van der Waals surface area contributed by atoms with Gasteiger partial charge in [0.1, 0.15) is 17.5 Å². The summed E-state index contributed by atoms with van der Waals surface area (Å²) in [5.74, 6) is 1.18. The van der Waals surface area contributed by atoms with Crippen molar-refractivity contribution in [2.75, 3.05) is 0 Å². The zero-order valence-electron chi connectivity index (χ0n) is 11.7. The van der Waals surface area contributed by atoms with Gasteiger partial charge in [-0.2, -0.15) is 5.10 Å². The zero-order valence-corrected chi connectivity index (χ0v) is 12.4. The van der Waals surface area contributed by atoms with Gasteiger partial charge in [0.2, 0.25) is 5.88 Å². The van der Waals surface area contributed by atoms with E-state index in [-0.39, 0.29) is 0 Å². The van der Waals surface area contributed by atoms with Gasteiger partial charge in [-0.3, -0.25) is 4.68 Å². The predicted molar refractivity (Wildman–Crippen MR) is 85.3 cm³/mol. The molecule has 0 bridgehead atoms. The fourth-order valence-corrected chi connectivity index (χ4v) is 2.68. The lowest BCUT2D eigenvalue weighted by Crippen LogP contribution is -1.94. The molecule has 4 rings (SSSR count). The Bertz CT molecular complexity index is 996. The second kappa shape index (κ2) is 4.96. The van der Waals surface area contributed by atoms with Crippen molar-refractivity contribution in [1.29, 1.82) is 0 Å². The highest BCUT2D eigenvalue weighted by Crippen LogP contribution is 2.35. The Kier molecular flexibility index (Phi) is 2.94. The molecule has 108 valence electrons. The number of benzene rings is 2. The molecular formula is C16H11ClN4O. The minimum absolute atomic E-state index is 0.477. The number of rotatable bonds is 2. The summed E-state index contributed by atoms with van der Waals surface area (Å²) < 4.78 is 7.69. The zero-order chi connectivity index (χ0) is 15.1. The summed E-state index contributed by atoms with van der Waals surface area (Å²) in [4.78, 5) is 8.43. The van der Waals surface area contributed by atoms with Crippen LogP contribution in [0.15, 0.2) is 48.9 Å². The number of ether oxygens (including phenoxy) is 1. The molecule has 0 aliphatic carbocycles. The molecule has 0 saturated carbocycles. The fourth-order valence-electron chi connectivity index (χ4n) is 2.45. The molecule has 0 spiro atoms. The largest absolute Gasteiger partial charge is 0.437 e. The highest BCUT2D eigenvalue weighted by molar-refractivity contribution is 6.35. The van der Waals surface area contributed by atoms with Gasteiger partial charge < -0.3 is 4.74 Å². The summed E-state index contributed by atoms with van der Waals surface area (Å²) in [5.41, 5.74) is 0.725. The van der Waals surface area contributed by atoms with Crippen LogP contribution in [-0.4, -0.2) is 19.7 Å². The first kappa shape index (κ1) is 13.0. The van der Waals surface area contributed by atoms with Crippen molar-refractivity contribution in [2.45, 2.75) is 0 Å². The molecule has 0 N–H and O–H groups in total. The Morgan fingerprint density at radius 1 is 1.00 bits per heavy atom. The number of hydrogen-bond acceptors (Lipinski definition) is 4.